The first-order valence-electron chi connectivity index (χ1n) is 8.88. The number of amides is 1. The molecule has 0 aliphatic heterocycles. The second-order valence-electron chi connectivity index (χ2n) is 6.32. The largest absolute Gasteiger partial charge is 0.314 e. The highest BCUT2D eigenvalue weighted by Crippen LogP contribution is 2.37. The maximum absolute atomic E-state index is 12.2. The Morgan fingerprint density at radius 3 is 3.15 bits per heavy atom. The van der Waals surface area contributed by atoms with E-state index in [4.69, 9.17) is 0 Å². The zero-order valence-corrected chi connectivity index (χ0v) is 15.6. The SMILES string of the molecule is CCCNC1CCc2c(sc(NC(=O)/C=C/c3cccnc3)c2C#N)C1. The van der Waals surface area contributed by atoms with Crippen molar-refractivity contribution in [3.8, 4) is 6.07 Å². The fourth-order valence-electron chi connectivity index (χ4n) is 3.11. The molecule has 2 N–H and O–H groups in total. The molecule has 0 aromatic carbocycles. The number of thiophene rings is 1. The van der Waals surface area contributed by atoms with Gasteiger partial charge in [0.05, 0.1) is 5.56 Å². The predicted octanol–water partition coefficient (Wildman–Crippen LogP) is 3.52. The molecule has 1 aliphatic carbocycles. The van der Waals surface area contributed by atoms with E-state index in [-0.39, 0.29) is 5.91 Å². The number of carbonyl (C=O) groups excluding carboxylic acids is 1. The normalized spacial score (nSPS) is 16.2. The lowest BCUT2D eigenvalue weighted by Gasteiger charge is -2.23. The van der Waals surface area contributed by atoms with Crippen LogP contribution in [0.25, 0.3) is 6.08 Å². The Kier molecular flexibility index (Phi) is 6.16. The molecule has 1 atom stereocenters. The fraction of sp³-hybridized carbons (Fsp3) is 0.350. The maximum atomic E-state index is 12.2. The Labute approximate surface area is 157 Å². The zero-order chi connectivity index (χ0) is 18.4. The number of aromatic nitrogens is 1. The highest BCUT2D eigenvalue weighted by Gasteiger charge is 2.25. The Morgan fingerprint density at radius 2 is 2.42 bits per heavy atom. The van der Waals surface area contributed by atoms with E-state index in [1.54, 1.807) is 18.5 Å². The Balaban J connectivity index is 1.71. The number of fused-ring (bicyclic) bond motifs is 1. The molecule has 0 bridgehead atoms. The minimum Gasteiger partial charge on any atom is -0.314 e. The number of hydrogen-bond acceptors (Lipinski definition) is 5. The van der Waals surface area contributed by atoms with Crippen LogP contribution in [0.2, 0.25) is 0 Å². The fourth-order valence-corrected chi connectivity index (χ4v) is 4.40. The number of hydrogen-bond donors (Lipinski definition) is 2. The molecular weight excluding hydrogens is 344 g/mol. The molecule has 3 rings (SSSR count). The van der Waals surface area contributed by atoms with Crippen molar-refractivity contribution < 1.29 is 4.79 Å². The van der Waals surface area contributed by atoms with E-state index < -0.39 is 0 Å². The van der Waals surface area contributed by atoms with Crippen molar-refractivity contribution in [1.29, 1.82) is 5.26 Å². The van der Waals surface area contributed by atoms with Crippen LogP contribution in [0.1, 0.15) is 41.3 Å². The summed E-state index contributed by atoms with van der Waals surface area (Å²) in [5.41, 5.74) is 2.60. The summed E-state index contributed by atoms with van der Waals surface area (Å²) in [5.74, 6) is -0.232. The summed E-state index contributed by atoms with van der Waals surface area (Å²) in [6, 6.07) is 6.44. The van der Waals surface area contributed by atoms with Gasteiger partial charge in [-0.2, -0.15) is 5.26 Å². The highest BCUT2D eigenvalue weighted by molar-refractivity contribution is 7.16. The third-order valence-corrected chi connectivity index (χ3v) is 5.58. The molecule has 1 amide bonds. The van der Waals surface area contributed by atoms with Crippen LogP contribution in [0.15, 0.2) is 30.6 Å². The van der Waals surface area contributed by atoms with Crippen LogP contribution in [0, 0.1) is 11.3 Å². The molecule has 2 aromatic rings. The van der Waals surface area contributed by atoms with Gasteiger partial charge in [-0.05, 0) is 55.5 Å². The molecule has 0 saturated carbocycles. The van der Waals surface area contributed by atoms with Crippen molar-refractivity contribution >= 4 is 28.3 Å². The van der Waals surface area contributed by atoms with E-state index in [2.05, 4.69) is 28.6 Å². The van der Waals surface area contributed by atoms with Gasteiger partial charge in [-0.25, -0.2) is 0 Å². The van der Waals surface area contributed by atoms with Crippen molar-refractivity contribution in [1.82, 2.24) is 10.3 Å². The smallest absolute Gasteiger partial charge is 0.249 e. The third-order valence-electron chi connectivity index (χ3n) is 4.41. The summed E-state index contributed by atoms with van der Waals surface area (Å²) < 4.78 is 0. The molecule has 26 heavy (non-hydrogen) atoms. The number of nitriles is 1. The highest BCUT2D eigenvalue weighted by atomic mass is 32.1. The van der Waals surface area contributed by atoms with Crippen LogP contribution in [0.3, 0.4) is 0 Å². The number of carbonyl (C=O) groups is 1. The Hall–Kier alpha value is -2.49. The molecular formula is C20H22N4OS. The number of rotatable bonds is 6. The predicted molar refractivity (Wildman–Crippen MR) is 105 cm³/mol. The first-order chi connectivity index (χ1) is 12.7. The molecule has 0 fully saturated rings. The lowest BCUT2D eigenvalue weighted by Crippen LogP contribution is -2.34. The Bertz CT molecular complexity index is 835. The second-order valence-corrected chi connectivity index (χ2v) is 7.43. The Morgan fingerprint density at radius 1 is 1.54 bits per heavy atom. The number of anilines is 1. The molecule has 2 aromatic heterocycles. The zero-order valence-electron chi connectivity index (χ0n) is 14.8. The molecule has 5 nitrogen and oxygen atoms in total. The minimum atomic E-state index is -0.232. The van der Waals surface area contributed by atoms with Crippen molar-refractivity contribution in [2.75, 3.05) is 11.9 Å². The van der Waals surface area contributed by atoms with Gasteiger partial charge in [0.2, 0.25) is 5.91 Å². The lowest BCUT2D eigenvalue weighted by atomic mass is 9.92. The monoisotopic (exact) mass is 366 g/mol. The second kappa shape index (κ2) is 8.75. The summed E-state index contributed by atoms with van der Waals surface area (Å²) in [6.07, 6.45) is 10.5. The van der Waals surface area contributed by atoms with E-state index >= 15 is 0 Å². The maximum Gasteiger partial charge on any atom is 0.249 e. The lowest BCUT2D eigenvalue weighted by molar-refractivity contribution is -0.111. The van der Waals surface area contributed by atoms with Gasteiger partial charge in [-0.15, -0.1) is 11.3 Å². The molecule has 1 unspecified atom stereocenters. The molecule has 2 heterocycles. The van der Waals surface area contributed by atoms with Crippen LogP contribution >= 0.6 is 11.3 Å². The average Bonchev–Trinajstić information content (AvgIpc) is 3.01. The van der Waals surface area contributed by atoms with Crippen molar-refractivity contribution in [2.45, 2.75) is 38.6 Å². The molecule has 1 aliphatic rings. The van der Waals surface area contributed by atoms with Gasteiger partial charge in [0.1, 0.15) is 11.1 Å². The van der Waals surface area contributed by atoms with E-state index in [1.165, 1.54) is 22.3 Å². The van der Waals surface area contributed by atoms with Gasteiger partial charge >= 0.3 is 0 Å². The molecule has 0 radical (unpaired) electrons. The summed E-state index contributed by atoms with van der Waals surface area (Å²) in [5, 5.41) is 16.7. The van der Waals surface area contributed by atoms with Gasteiger partial charge in [-0.3, -0.25) is 9.78 Å². The average molecular weight is 366 g/mol. The summed E-state index contributed by atoms with van der Waals surface area (Å²) in [4.78, 5) is 17.5. The molecule has 6 heteroatoms. The van der Waals surface area contributed by atoms with Gasteiger partial charge < -0.3 is 10.6 Å². The molecule has 0 spiro atoms. The van der Waals surface area contributed by atoms with Gasteiger partial charge in [-0.1, -0.05) is 13.0 Å². The topological polar surface area (TPSA) is 77.8 Å². The van der Waals surface area contributed by atoms with Crippen molar-refractivity contribution in [3.63, 3.8) is 0 Å². The van der Waals surface area contributed by atoms with Crippen molar-refractivity contribution in [2.24, 2.45) is 0 Å². The quantitative estimate of drug-likeness (QED) is 0.767. The van der Waals surface area contributed by atoms with Crippen LogP contribution in [0.5, 0.6) is 0 Å². The molecule has 0 saturated heterocycles. The summed E-state index contributed by atoms with van der Waals surface area (Å²) in [6.45, 7) is 3.17. The van der Waals surface area contributed by atoms with Crippen LogP contribution in [-0.2, 0) is 17.6 Å². The standard InChI is InChI=1S/C20H22N4OS/c1-2-9-23-15-6-7-16-17(12-21)20(26-18(16)11-15)24-19(25)8-5-14-4-3-10-22-13-14/h3-5,8,10,13,15,23H,2,6-7,9,11H2,1H3,(H,24,25)/b8-5+. The van der Waals surface area contributed by atoms with E-state index in [9.17, 15) is 10.1 Å². The van der Waals surface area contributed by atoms with Crippen molar-refractivity contribution in [3.05, 3.63) is 52.2 Å². The van der Waals surface area contributed by atoms with E-state index in [1.807, 2.05) is 12.1 Å². The minimum absolute atomic E-state index is 0.232. The number of pyridine rings is 1. The summed E-state index contributed by atoms with van der Waals surface area (Å²) >= 11 is 1.53. The van der Waals surface area contributed by atoms with E-state index in [0.29, 0.717) is 16.6 Å². The van der Waals surface area contributed by atoms with Crippen LogP contribution in [-0.4, -0.2) is 23.5 Å². The molecule has 134 valence electrons. The van der Waals surface area contributed by atoms with E-state index in [0.717, 1.165) is 43.4 Å². The van der Waals surface area contributed by atoms with Crippen LogP contribution < -0.4 is 10.6 Å². The van der Waals surface area contributed by atoms with Gasteiger partial charge in [0.15, 0.2) is 0 Å². The first kappa shape index (κ1) is 18.3. The number of nitrogens with one attached hydrogen (secondary N) is 2. The first-order valence-corrected chi connectivity index (χ1v) is 9.70. The van der Waals surface area contributed by atoms with Crippen LogP contribution in [0.4, 0.5) is 5.00 Å². The summed E-state index contributed by atoms with van der Waals surface area (Å²) in [7, 11) is 0. The third kappa shape index (κ3) is 4.37. The van der Waals surface area contributed by atoms with Gasteiger partial charge in [0, 0.05) is 29.4 Å². The number of nitrogens with zero attached hydrogens (tertiary/aromatic N) is 2. The van der Waals surface area contributed by atoms with Gasteiger partial charge in [0.25, 0.3) is 0 Å².